The Hall–Kier alpha value is -2.68. The molecule has 0 radical (unpaired) electrons. The molecule has 1 heterocycles. The largest absolute Gasteiger partial charge is 0.381 e. The third-order valence-electron chi connectivity index (χ3n) is 6.41. The van der Waals surface area contributed by atoms with Crippen LogP contribution in [0.4, 0.5) is 0 Å². The molecule has 0 spiro atoms. The molecule has 1 nitrogen and oxygen atoms in total. The molecule has 0 bridgehead atoms. The Bertz CT molecular complexity index is 939. The van der Waals surface area contributed by atoms with E-state index in [1.807, 2.05) is 7.11 Å². The maximum absolute atomic E-state index is 6.05. The molecule has 1 aliphatic rings. The van der Waals surface area contributed by atoms with Crippen molar-refractivity contribution in [3.05, 3.63) is 120 Å². The second kappa shape index (κ2) is 9.42. The van der Waals surface area contributed by atoms with E-state index in [1.54, 1.807) is 0 Å². The standard InChI is InChI=1S/C28H30OSi/c1-3-13-28(23-14-7-4-8-15-23)24-20-25(29-2)22-30(21-24,26-16-9-5-10-17-26)27-18-11-6-12-19-27/h3-12,14-19,21,25,28H,1,13,20,22H2,2H3. The van der Waals surface area contributed by atoms with E-state index in [-0.39, 0.29) is 6.10 Å². The molecule has 0 saturated heterocycles. The lowest BCUT2D eigenvalue weighted by molar-refractivity contribution is 0.115. The number of methoxy groups -OCH3 is 1. The second-order valence-corrected chi connectivity index (χ2v) is 12.0. The van der Waals surface area contributed by atoms with Gasteiger partial charge in [-0.05, 0) is 34.8 Å². The molecule has 2 atom stereocenters. The van der Waals surface area contributed by atoms with Crippen molar-refractivity contribution < 1.29 is 4.74 Å². The van der Waals surface area contributed by atoms with Crippen molar-refractivity contribution in [1.82, 2.24) is 0 Å². The number of ether oxygens (including phenoxy) is 1. The first-order chi connectivity index (χ1) is 14.8. The molecule has 0 saturated carbocycles. The fourth-order valence-corrected chi connectivity index (χ4v) is 9.74. The van der Waals surface area contributed by atoms with Crippen LogP contribution in [-0.2, 0) is 4.74 Å². The van der Waals surface area contributed by atoms with Gasteiger partial charge in [-0.15, -0.1) is 6.58 Å². The van der Waals surface area contributed by atoms with Gasteiger partial charge in [-0.2, -0.15) is 0 Å². The van der Waals surface area contributed by atoms with Gasteiger partial charge in [-0.25, -0.2) is 0 Å². The minimum absolute atomic E-state index is 0.230. The molecule has 1 aliphatic heterocycles. The summed E-state index contributed by atoms with van der Waals surface area (Å²) >= 11 is 0. The molecule has 0 fully saturated rings. The molecule has 30 heavy (non-hydrogen) atoms. The highest BCUT2D eigenvalue weighted by atomic mass is 28.3. The Balaban J connectivity index is 1.91. The molecular formula is C28H30OSi. The third kappa shape index (κ3) is 4.11. The molecule has 0 N–H and O–H groups in total. The lowest BCUT2D eigenvalue weighted by Gasteiger charge is -2.40. The Morgan fingerprint density at radius 3 is 1.93 bits per heavy atom. The molecule has 2 unspecified atom stereocenters. The Morgan fingerprint density at radius 1 is 0.900 bits per heavy atom. The van der Waals surface area contributed by atoms with E-state index >= 15 is 0 Å². The Kier molecular flexibility index (Phi) is 6.46. The third-order valence-corrected chi connectivity index (χ3v) is 11.1. The molecule has 3 aromatic carbocycles. The van der Waals surface area contributed by atoms with Crippen LogP contribution in [0.2, 0.25) is 6.04 Å². The van der Waals surface area contributed by atoms with Crippen LogP contribution in [0.3, 0.4) is 0 Å². The number of allylic oxidation sites excluding steroid dienone is 1. The molecule has 2 heteroatoms. The maximum Gasteiger partial charge on any atom is 0.143 e. The average molecular weight is 411 g/mol. The van der Waals surface area contributed by atoms with Gasteiger partial charge in [-0.1, -0.05) is 108 Å². The molecule has 152 valence electrons. The maximum atomic E-state index is 6.05. The highest BCUT2D eigenvalue weighted by Crippen LogP contribution is 2.38. The first kappa shape index (κ1) is 20.6. The van der Waals surface area contributed by atoms with Crippen LogP contribution in [0, 0.1) is 0 Å². The predicted octanol–water partition coefficient (Wildman–Crippen LogP) is 5.49. The van der Waals surface area contributed by atoms with Gasteiger partial charge in [0.25, 0.3) is 0 Å². The number of rotatable bonds is 7. The van der Waals surface area contributed by atoms with Crippen molar-refractivity contribution in [3.63, 3.8) is 0 Å². The number of hydrogen-bond donors (Lipinski definition) is 0. The van der Waals surface area contributed by atoms with Gasteiger partial charge in [0.2, 0.25) is 0 Å². The van der Waals surface area contributed by atoms with E-state index in [0.717, 1.165) is 18.9 Å². The van der Waals surface area contributed by atoms with Gasteiger partial charge in [0.05, 0.1) is 6.10 Å². The number of benzene rings is 3. The van der Waals surface area contributed by atoms with Crippen molar-refractivity contribution in [2.75, 3.05) is 7.11 Å². The Morgan fingerprint density at radius 2 is 1.43 bits per heavy atom. The van der Waals surface area contributed by atoms with Gasteiger partial charge in [0.15, 0.2) is 0 Å². The zero-order valence-corrected chi connectivity index (χ0v) is 18.7. The van der Waals surface area contributed by atoms with E-state index in [1.165, 1.54) is 21.5 Å². The summed E-state index contributed by atoms with van der Waals surface area (Å²) in [6, 6.07) is 34.1. The monoisotopic (exact) mass is 410 g/mol. The van der Waals surface area contributed by atoms with Gasteiger partial charge in [0.1, 0.15) is 8.07 Å². The van der Waals surface area contributed by atoms with Gasteiger partial charge < -0.3 is 4.74 Å². The van der Waals surface area contributed by atoms with Crippen LogP contribution >= 0.6 is 0 Å². The van der Waals surface area contributed by atoms with E-state index in [9.17, 15) is 0 Å². The molecule has 4 rings (SSSR count). The summed E-state index contributed by atoms with van der Waals surface area (Å²) in [5.41, 5.74) is 5.54. The zero-order valence-electron chi connectivity index (χ0n) is 17.7. The lowest BCUT2D eigenvalue weighted by Crippen LogP contribution is -2.60. The van der Waals surface area contributed by atoms with E-state index in [0.29, 0.717) is 5.92 Å². The minimum Gasteiger partial charge on any atom is -0.381 e. The van der Waals surface area contributed by atoms with Crippen molar-refractivity contribution in [2.24, 2.45) is 0 Å². The van der Waals surface area contributed by atoms with E-state index in [4.69, 9.17) is 4.74 Å². The predicted molar refractivity (Wildman–Crippen MR) is 130 cm³/mol. The number of hydrogen-bond acceptors (Lipinski definition) is 1. The van der Waals surface area contributed by atoms with Crippen LogP contribution in [0.1, 0.15) is 24.3 Å². The summed E-state index contributed by atoms with van der Waals surface area (Å²) in [5, 5.41) is 2.92. The smallest absolute Gasteiger partial charge is 0.143 e. The quantitative estimate of drug-likeness (QED) is 0.369. The van der Waals surface area contributed by atoms with Crippen LogP contribution in [0.15, 0.2) is 115 Å². The normalized spacial score (nSPS) is 19.0. The summed E-state index contributed by atoms with van der Waals surface area (Å²) in [7, 11) is -0.259. The van der Waals surface area contributed by atoms with Crippen LogP contribution in [0.5, 0.6) is 0 Å². The van der Waals surface area contributed by atoms with Crippen LogP contribution in [-0.4, -0.2) is 21.3 Å². The summed E-state index contributed by atoms with van der Waals surface area (Å²) in [5.74, 6) is 0.348. The van der Waals surface area contributed by atoms with E-state index < -0.39 is 8.07 Å². The fourth-order valence-electron chi connectivity index (χ4n) is 4.93. The lowest BCUT2D eigenvalue weighted by atomic mass is 9.86. The fraction of sp³-hybridized carbons (Fsp3) is 0.214. The molecular weight excluding hydrogens is 380 g/mol. The minimum atomic E-state index is -2.13. The first-order valence-corrected chi connectivity index (χ1v) is 13.1. The summed E-state index contributed by atoms with van der Waals surface area (Å²) in [4.78, 5) is 0. The van der Waals surface area contributed by atoms with Gasteiger partial charge >= 0.3 is 0 Å². The summed E-state index contributed by atoms with van der Waals surface area (Å²) in [6.45, 7) is 4.07. The SMILES string of the molecule is C=CCC(C1=C[Si](c2ccccc2)(c2ccccc2)CC(OC)C1)c1ccccc1. The highest BCUT2D eigenvalue weighted by Gasteiger charge is 2.42. The molecule has 3 aromatic rings. The van der Waals surface area contributed by atoms with Crippen molar-refractivity contribution >= 4 is 18.4 Å². The molecule has 0 aromatic heterocycles. The molecule has 0 amide bonds. The summed E-state index contributed by atoms with van der Waals surface area (Å²) in [6.07, 6.45) is 4.22. The van der Waals surface area contributed by atoms with Crippen LogP contribution < -0.4 is 10.4 Å². The van der Waals surface area contributed by atoms with Crippen molar-refractivity contribution in [1.29, 1.82) is 0 Å². The highest BCUT2D eigenvalue weighted by molar-refractivity contribution is 7.06. The van der Waals surface area contributed by atoms with Crippen molar-refractivity contribution in [3.8, 4) is 0 Å². The topological polar surface area (TPSA) is 9.23 Å². The second-order valence-electron chi connectivity index (χ2n) is 8.18. The van der Waals surface area contributed by atoms with Crippen molar-refractivity contribution in [2.45, 2.75) is 30.9 Å². The van der Waals surface area contributed by atoms with Gasteiger partial charge in [-0.3, -0.25) is 0 Å². The van der Waals surface area contributed by atoms with Crippen LogP contribution in [0.25, 0.3) is 0 Å². The zero-order chi connectivity index (χ0) is 20.8. The molecule has 0 aliphatic carbocycles. The Labute approximate surface area is 181 Å². The van der Waals surface area contributed by atoms with Gasteiger partial charge in [0, 0.05) is 13.0 Å². The van der Waals surface area contributed by atoms with E-state index in [2.05, 4.69) is 109 Å². The average Bonchev–Trinajstić information content (AvgIpc) is 2.83. The first-order valence-electron chi connectivity index (χ1n) is 10.8. The summed E-state index contributed by atoms with van der Waals surface area (Å²) < 4.78 is 6.05.